The Balaban J connectivity index is 1.78. The third-order valence-electron chi connectivity index (χ3n) is 5.17. The first-order valence-corrected chi connectivity index (χ1v) is 10.3. The fourth-order valence-electron chi connectivity index (χ4n) is 3.76. The molecule has 1 fully saturated rings. The van der Waals surface area contributed by atoms with Gasteiger partial charge in [-0.3, -0.25) is 10.1 Å². The number of hydrogen-bond acceptors (Lipinski definition) is 6. The number of hydrogen-bond donors (Lipinski definition) is 1. The Kier molecular flexibility index (Phi) is 4.33. The molecule has 0 aliphatic carbocycles. The monoisotopic (exact) mass is 391 g/mol. The summed E-state index contributed by atoms with van der Waals surface area (Å²) in [5, 5.41) is 10.4. The summed E-state index contributed by atoms with van der Waals surface area (Å²) in [5.41, 5.74) is 5.00. The lowest BCUT2D eigenvalue weighted by Gasteiger charge is -2.34. The van der Waals surface area contributed by atoms with Crippen molar-refractivity contribution in [1.82, 2.24) is 20.2 Å². The van der Waals surface area contributed by atoms with Crippen molar-refractivity contribution in [3.05, 3.63) is 46.9 Å². The number of ether oxygens (including phenoxy) is 1. The van der Waals surface area contributed by atoms with Crippen LogP contribution < -0.4 is 4.90 Å². The summed E-state index contributed by atoms with van der Waals surface area (Å²) in [7, 11) is 0. The van der Waals surface area contributed by atoms with Crippen LogP contribution in [0.2, 0.25) is 0 Å². The minimum atomic E-state index is 0.281. The first-order chi connectivity index (χ1) is 13.7. The normalized spacial score (nSPS) is 17.4. The van der Waals surface area contributed by atoms with Crippen molar-refractivity contribution in [2.75, 3.05) is 24.7 Å². The summed E-state index contributed by atoms with van der Waals surface area (Å²) in [5.74, 6) is 0.968. The topological polar surface area (TPSA) is 66.9 Å². The van der Waals surface area contributed by atoms with Crippen molar-refractivity contribution in [3.8, 4) is 22.5 Å². The molecule has 0 amide bonds. The van der Waals surface area contributed by atoms with Crippen LogP contribution in [0.15, 0.2) is 42.0 Å². The van der Waals surface area contributed by atoms with Gasteiger partial charge in [0.25, 0.3) is 0 Å². The number of nitrogens with zero attached hydrogens (tertiary/aromatic N) is 4. The molecule has 1 atom stereocenters. The molecule has 0 aromatic carbocycles. The van der Waals surface area contributed by atoms with E-state index < -0.39 is 0 Å². The van der Waals surface area contributed by atoms with Crippen LogP contribution in [-0.4, -0.2) is 46.0 Å². The zero-order chi connectivity index (χ0) is 19.1. The van der Waals surface area contributed by atoms with E-state index in [4.69, 9.17) is 9.72 Å². The van der Waals surface area contributed by atoms with Crippen LogP contribution in [0.25, 0.3) is 33.4 Å². The number of thiophene rings is 1. The van der Waals surface area contributed by atoms with E-state index in [1.54, 1.807) is 17.5 Å². The maximum Gasteiger partial charge on any atom is 0.130 e. The third kappa shape index (κ3) is 2.96. The van der Waals surface area contributed by atoms with E-state index in [0.29, 0.717) is 6.61 Å². The zero-order valence-corrected chi connectivity index (χ0v) is 16.7. The molecular weight excluding hydrogens is 370 g/mol. The number of fused-ring (bicyclic) bond motifs is 1. The van der Waals surface area contributed by atoms with Crippen molar-refractivity contribution in [2.45, 2.75) is 19.9 Å². The smallest absolute Gasteiger partial charge is 0.130 e. The molecule has 1 aliphatic heterocycles. The molecule has 0 bridgehead atoms. The van der Waals surface area contributed by atoms with Crippen molar-refractivity contribution in [2.24, 2.45) is 0 Å². The second-order valence-corrected chi connectivity index (χ2v) is 8.23. The Morgan fingerprint density at radius 1 is 1.25 bits per heavy atom. The molecule has 4 aromatic heterocycles. The molecule has 0 saturated carbocycles. The van der Waals surface area contributed by atoms with Crippen LogP contribution in [0.4, 0.5) is 5.82 Å². The van der Waals surface area contributed by atoms with E-state index in [2.05, 4.69) is 57.5 Å². The van der Waals surface area contributed by atoms with E-state index in [1.807, 2.05) is 12.3 Å². The van der Waals surface area contributed by atoms with Gasteiger partial charge >= 0.3 is 0 Å². The molecule has 142 valence electrons. The number of pyridine rings is 2. The maximum atomic E-state index is 5.63. The summed E-state index contributed by atoms with van der Waals surface area (Å²) in [4.78, 5) is 13.3. The SMILES string of the molecule is Cc1cc(-c2cc(N3CCOC[C@H]3C)nc3c(-c4ccn[nH]4)nccc23)cs1. The highest BCUT2D eigenvalue weighted by Gasteiger charge is 2.23. The van der Waals surface area contributed by atoms with E-state index in [0.717, 1.165) is 41.3 Å². The van der Waals surface area contributed by atoms with Crippen molar-refractivity contribution in [3.63, 3.8) is 0 Å². The van der Waals surface area contributed by atoms with Crippen molar-refractivity contribution in [1.29, 1.82) is 0 Å². The summed E-state index contributed by atoms with van der Waals surface area (Å²) in [6, 6.07) is 8.71. The molecule has 1 saturated heterocycles. The molecular formula is C21H21N5OS. The molecule has 7 heteroatoms. The highest BCUT2D eigenvalue weighted by molar-refractivity contribution is 7.10. The van der Waals surface area contributed by atoms with Gasteiger partial charge in [0.2, 0.25) is 0 Å². The van der Waals surface area contributed by atoms with Gasteiger partial charge in [0, 0.05) is 29.2 Å². The number of aromatic amines is 1. The highest BCUT2D eigenvalue weighted by atomic mass is 32.1. The van der Waals surface area contributed by atoms with Crippen LogP contribution in [-0.2, 0) is 4.74 Å². The predicted molar refractivity (Wildman–Crippen MR) is 113 cm³/mol. The summed E-state index contributed by atoms with van der Waals surface area (Å²) >= 11 is 1.77. The van der Waals surface area contributed by atoms with Gasteiger partial charge in [-0.25, -0.2) is 4.98 Å². The molecule has 6 nitrogen and oxygen atoms in total. The van der Waals surface area contributed by atoms with Gasteiger partial charge in [0.1, 0.15) is 17.0 Å². The van der Waals surface area contributed by atoms with Crippen LogP contribution in [0, 0.1) is 6.92 Å². The van der Waals surface area contributed by atoms with E-state index in [-0.39, 0.29) is 6.04 Å². The highest BCUT2D eigenvalue weighted by Crippen LogP contribution is 2.37. The molecule has 4 aromatic rings. The number of aryl methyl sites for hydroxylation is 1. The predicted octanol–water partition coefficient (Wildman–Crippen LogP) is 4.28. The Morgan fingerprint density at radius 2 is 2.18 bits per heavy atom. The Morgan fingerprint density at radius 3 is 2.93 bits per heavy atom. The molecule has 5 rings (SSSR count). The van der Waals surface area contributed by atoms with Gasteiger partial charge in [-0.2, -0.15) is 5.10 Å². The zero-order valence-electron chi connectivity index (χ0n) is 15.8. The van der Waals surface area contributed by atoms with Gasteiger partial charge in [-0.05, 0) is 54.6 Å². The van der Waals surface area contributed by atoms with Gasteiger partial charge in [-0.15, -0.1) is 11.3 Å². The summed E-state index contributed by atoms with van der Waals surface area (Å²) in [6.07, 6.45) is 3.59. The number of nitrogens with one attached hydrogen (secondary N) is 1. The van der Waals surface area contributed by atoms with E-state index in [9.17, 15) is 0 Å². The fraction of sp³-hybridized carbons (Fsp3) is 0.286. The largest absolute Gasteiger partial charge is 0.377 e. The molecule has 1 N–H and O–H groups in total. The van der Waals surface area contributed by atoms with Gasteiger partial charge in [0.05, 0.1) is 24.9 Å². The summed E-state index contributed by atoms with van der Waals surface area (Å²) < 4.78 is 5.63. The molecule has 1 aliphatic rings. The number of H-pyrrole nitrogens is 1. The second-order valence-electron chi connectivity index (χ2n) is 7.12. The summed E-state index contributed by atoms with van der Waals surface area (Å²) in [6.45, 7) is 6.59. The number of anilines is 1. The molecule has 0 unspecified atom stereocenters. The van der Waals surface area contributed by atoms with Crippen LogP contribution in [0.5, 0.6) is 0 Å². The number of morpholine rings is 1. The third-order valence-corrected chi connectivity index (χ3v) is 6.03. The maximum absolute atomic E-state index is 5.63. The first-order valence-electron chi connectivity index (χ1n) is 9.40. The lowest BCUT2D eigenvalue weighted by atomic mass is 10.0. The average Bonchev–Trinajstić information content (AvgIpc) is 3.39. The Bertz CT molecular complexity index is 1120. The number of rotatable bonds is 3. The van der Waals surface area contributed by atoms with Crippen molar-refractivity contribution >= 4 is 28.1 Å². The second kappa shape index (κ2) is 7.00. The standard InChI is InChI=1S/C21H21N5OS/c1-13-11-27-8-7-26(13)19-10-17(15-9-14(2)28-12-15)16-3-5-22-21(20(16)24-19)18-4-6-23-25-18/h3-6,9-10,12-13H,7-8,11H2,1-2H3,(H,23,25)/t13-/m1/s1. The Labute approximate surface area is 167 Å². The lowest BCUT2D eigenvalue weighted by Crippen LogP contribution is -2.44. The van der Waals surface area contributed by atoms with Crippen molar-refractivity contribution < 1.29 is 4.74 Å². The molecule has 0 radical (unpaired) electrons. The Hall–Kier alpha value is -2.77. The molecule has 28 heavy (non-hydrogen) atoms. The lowest BCUT2D eigenvalue weighted by molar-refractivity contribution is 0.0986. The minimum Gasteiger partial charge on any atom is -0.377 e. The fourth-order valence-corrected chi connectivity index (χ4v) is 4.46. The van der Waals surface area contributed by atoms with E-state index in [1.165, 1.54) is 16.0 Å². The molecule has 5 heterocycles. The van der Waals surface area contributed by atoms with Crippen LogP contribution >= 0.6 is 11.3 Å². The molecule has 0 spiro atoms. The quantitative estimate of drug-likeness (QED) is 0.565. The first kappa shape index (κ1) is 17.3. The number of aromatic nitrogens is 4. The van der Waals surface area contributed by atoms with Gasteiger partial charge in [-0.1, -0.05) is 0 Å². The minimum absolute atomic E-state index is 0.281. The average molecular weight is 392 g/mol. The van der Waals surface area contributed by atoms with E-state index >= 15 is 0 Å². The van der Waals surface area contributed by atoms with Gasteiger partial charge in [0.15, 0.2) is 0 Å². The van der Waals surface area contributed by atoms with Gasteiger partial charge < -0.3 is 9.64 Å². The van der Waals surface area contributed by atoms with Crippen LogP contribution in [0.3, 0.4) is 0 Å². The van der Waals surface area contributed by atoms with Crippen LogP contribution in [0.1, 0.15) is 11.8 Å².